The molecule has 4 nitrogen and oxygen atoms in total. The van der Waals surface area contributed by atoms with Crippen LogP contribution in [-0.4, -0.2) is 40.3 Å². The highest BCUT2D eigenvalue weighted by atomic mass is 79.9. The third kappa shape index (κ3) is 2.40. The molecule has 1 amide bonds. The third-order valence-corrected chi connectivity index (χ3v) is 3.60. The standard InChI is InChI=1S/C13H11BrFN3O/c14-9-3-1-8(2-4-9)11-5-12(17-16-11)13(19)18-6-10(15)7-18/h1-5,10H,6-7H2,(H,16,17). The third-order valence-electron chi connectivity index (χ3n) is 3.07. The van der Waals surface area contributed by atoms with Gasteiger partial charge in [-0.3, -0.25) is 9.89 Å². The van der Waals surface area contributed by atoms with Crippen LogP contribution in [0.25, 0.3) is 11.3 Å². The van der Waals surface area contributed by atoms with E-state index >= 15 is 0 Å². The van der Waals surface area contributed by atoms with Gasteiger partial charge in [0.15, 0.2) is 0 Å². The highest BCUT2D eigenvalue weighted by Gasteiger charge is 2.31. The molecule has 1 aliphatic rings. The number of likely N-dealkylation sites (tertiary alicyclic amines) is 1. The molecular formula is C13H11BrFN3O. The van der Waals surface area contributed by atoms with Gasteiger partial charge in [0.25, 0.3) is 5.91 Å². The first kappa shape index (κ1) is 12.3. The van der Waals surface area contributed by atoms with Crippen LogP contribution in [0.1, 0.15) is 10.5 Å². The van der Waals surface area contributed by atoms with Crippen LogP contribution in [-0.2, 0) is 0 Å². The van der Waals surface area contributed by atoms with Gasteiger partial charge in [-0.1, -0.05) is 28.1 Å². The highest BCUT2D eigenvalue weighted by molar-refractivity contribution is 9.10. The number of aromatic amines is 1. The first-order chi connectivity index (χ1) is 9.13. The summed E-state index contributed by atoms with van der Waals surface area (Å²) in [5.74, 6) is -0.204. The zero-order valence-corrected chi connectivity index (χ0v) is 11.5. The Kier molecular flexibility index (Phi) is 3.10. The molecule has 1 fully saturated rings. The van der Waals surface area contributed by atoms with Crippen LogP contribution in [0.15, 0.2) is 34.8 Å². The summed E-state index contributed by atoms with van der Waals surface area (Å²) in [6, 6.07) is 9.34. The molecule has 98 valence electrons. The topological polar surface area (TPSA) is 49.0 Å². The minimum absolute atomic E-state index is 0.172. The van der Waals surface area contributed by atoms with Crippen LogP contribution in [0, 0.1) is 0 Å². The normalized spacial score (nSPS) is 15.4. The number of rotatable bonds is 2. The lowest BCUT2D eigenvalue weighted by molar-refractivity contribution is 0.0394. The van der Waals surface area contributed by atoms with E-state index < -0.39 is 6.17 Å². The SMILES string of the molecule is O=C(c1cc(-c2ccc(Br)cc2)n[nH]1)N1CC(F)C1. The summed E-state index contributed by atoms with van der Waals surface area (Å²) in [5, 5.41) is 6.82. The second kappa shape index (κ2) is 4.77. The maximum Gasteiger partial charge on any atom is 0.272 e. The molecular weight excluding hydrogens is 313 g/mol. The summed E-state index contributed by atoms with van der Waals surface area (Å²) in [7, 11) is 0. The van der Waals surface area contributed by atoms with Gasteiger partial charge in [0.05, 0.1) is 18.8 Å². The van der Waals surface area contributed by atoms with E-state index in [0.29, 0.717) is 11.4 Å². The van der Waals surface area contributed by atoms with Gasteiger partial charge in [0, 0.05) is 10.0 Å². The zero-order chi connectivity index (χ0) is 13.4. The molecule has 19 heavy (non-hydrogen) atoms. The monoisotopic (exact) mass is 323 g/mol. The van der Waals surface area contributed by atoms with Crippen molar-refractivity contribution in [3.05, 3.63) is 40.5 Å². The summed E-state index contributed by atoms with van der Waals surface area (Å²) in [6.07, 6.45) is -0.891. The molecule has 1 aromatic carbocycles. The molecule has 1 saturated heterocycles. The second-order valence-corrected chi connectivity index (χ2v) is 5.40. The van der Waals surface area contributed by atoms with Gasteiger partial charge < -0.3 is 4.90 Å². The van der Waals surface area contributed by atoms with Crippen molar-refractivity contribution in [2.24, 2.45) is 0 Å². The molecule has 0 saturated carbocycles. The first-order valence-corrected chi connectivity index (χ1v) is 6.67. The average molecular weight is 324 g/mol. The van der Waals surface area contributed by atoms with Crippen molar-refractivity contribution in [2.75, 3.05) is 13.1 Å². The molecule has 1 N–H and O–H groups in total. The Balaban J connectivity index is 1.79. The van der Waals surface area contributed by atoms with Crippen LogP contribution in [0.5, 0.6) is 0 Å². The molecule has 1 aromatic heterocycles. The fourth-order valence-corrected chi connectivity index (χ4v) is 2.23. The second-order valence-electron chi connectivity index (χ2n) is 4.48. The van der Waals surface area contributed by atoms with Crippen molar-refractivity contribution in [1.29, 1.82) is 0 Å². The van der Waals surface area contributed by atoms with Gasteiger partial charge in [0.1, 0.15) is 11.9 Å². The number of amides is 1. The maximum atomic E-state index is 12.7. The average Bonchev–Trinajstić information content (AvgIpc) is 2.85. The number of halogens is 2. The molecule has 0 spiro atoms. The van der Waals surface area contributed by atoms with Gasteiger partial charge in [-0.15, -0.1) is 0 Å². The lowest BCUT2D eigenvalue weighted by Crippen LogP contribution is -2.51. The van der Waals surface area contributed by atoms with E-state index in [4.69, 9.17) is 0 Å². The van der Waals surface area contributed by atoms with Crippen molar-refractivity contribution in [3.63, 3.8) is 0 Å². The zero-order valence-electron chi connectivity index (χ0n) is 9.94. The molecule has 0 unspecified atom stereocenters. The Morgan fingerprint density at radius 3 is 2.68 bits per heavy atom. The first-order valence-electron chi connectivity index (χ1n) is 5.88. The van der Waals surface area contributed by atoms with E-state index in [1.54, 1.807) is 6.07 Å². The fraction of sp³-hybridized carbons (Fsp3) is 0.231. The van der Waals surface area contributed by atoms with E-state index in [1.165, 1.54) is 4.90 Å². The Labute approximate surface area is 117 Å². The molecule has 0 atom stereocenters. The van der Waals surface area contributed by atoms with Crippen molar-refractivity contribution < 1.29 is 9.18 Å². The molecule has 1 aliphatic heterocycles. The predicted octanol–water partition coefficient (Wildman–Crippen LogP) is 2.63. The lowest BCUT2D eigenvalue weighted by Gasteiger charge is -2.33. The van der Waals surface area contributed by atoms with Crippen LogP contribution in [0.3, 0.4) is 0 Å². The Hall–Kier alpha value is -1.69. The number of carbonyl (C=O) groups is 1. The number of nitrogens with one attached hydrogen (secondary N) is 1. The van der Waals surface area contributed by atoms with Crippen LogP contribution in [0.4, 0.5) is 4.39 Å². The molecule has 0 aliphatic carbocycles. The quantitative estimate of drug-likeness (QED) is 0.923. The number of benzene rings is 1. The van der Waals surface area contributed by atoms with Crippen LogP contribution in [0.2, 0.25) is 0 Å². The summed E-state index contributed by atoms with van der Waals surface area (Å²) in [6.45, 7) is 0.344. The lowest BCUT2D eigenvalue weighted by atomic mass is 10.1. The Bertz CT molecular complexity index is 605. The van der Waals surface area contributed by atoms with Crippen LogP contribution < -0.4 is 0 Å². The fourth-order valence-electron chi connectivity index (χ4n) is 1.96. The number of nitrogens with zero attached hydrogens (tertiary/aromatic N) is 2. The van der Waals surface area contributed by atoms with Crippen molar-refractivity contribution in [3.8, 4) is 11.3 Å². The van der Waals surface area contributed by atoms with E-state index in [-0.39, 0.29) is 19.0 Å². The Morgan fingerprint density at radius 1 is 1.37 bits per heavy atom. The van der Waals surface area contributed by atoms with Crippen molar-refractivity contribution in [2.45, 2.75) is 6.17 Å². The van der Waals surface area contributed by atoms with Crippen molar-refractivity contribution in [1.82, 2.24) is 15.1 Å². The summed E-state index contributed by atoms with van der Waals surface area (Å²) in [5.41, 5.74) is 2.02. The highest BCUT2D eigenvalue weighted by Crippen LogP contribution is 2.22. The van der Waals surface area contributed by atoms with Gasteiger partial charge in [-0.2, -0.15) is 5.10 Å². The number of hydrogen-bond acceptors (Lipinski definition) is 2. The van der Waals surface area contributed by atoms with E-state index in [9.17, 15) is 9.18 Å². The van der Waals surface area contributed by atoms with Gasteiger partial charge in [0.2, 0.25) is 0 Å². The molecule has 2 heterocycles. The van der Waals surface area contributed by atoms with E-state index in [0.717, 1.165) is 10.0 Å². The predicted molar refractivity (Wildman–Crippen MR) is 72.5 cm³/mol. The van der Waals surface area contributed by atoms with Crippen LogP contribution >= 0.6 is 15.9 Å². The Morgan fingerprint density at radius 2 is 2.05 bits per heavy atom. The van der Waals surface area contributed by atoms with Gasteiger partial charge >= 0.3 is 0 Å². The van der Waals surface area contributed by atoms with Gasteiger partial charge in [-0.05, 0) is 18.2 Å². The summed E-state index contributed by atoms with van der Waals surface area (Å²) < 4.78 is 13.7. The number of carbonyl (C=O) groups excluding carboxylic acids is 1. The van der Waals surface area contributed by atoms with E-state index in [1.807, 2.05) is 24.3 Å². The number of aromatic nitrogens is 2. The number of hydrogen-bond donors (Lipinski definition) is 1. The molecule has 3 rings (SSSR count). The molecule has 0 radical (unpaired) electrons. The molecule has 0 bridgehead atoms. The minimum Gasteiger partial charge on any atom is -0.331 e. The summed E-state index contributed by atoms with van der Waals surface area (Å²) in [4.78, 5) is 13.4. The number of alkyl halides is 1. The largest absolute Gasteiger partial charge is 0.331 e. The smallest absolute Gasteiger partial charge is 0.272 e. The molecule has 6 heteroatoms. The number of H-pyrrole nitrogens is 1. The van der Waals surface area contributed by atoms with Gasteiger partial charge in [-0.25, -0.2) is 4.39 Å². The van der Waals surface area contributed by atoms with E-state index in [2.05, 4.69) is 26.1 Å². The summed E-state index contributed by atoms with van der Waals surface area (Å²) >= 11 is 3.36. The molecule has 2 aromatic rings. The minimum atomic E-state index is -0.891. The maximum absolute atomic E-state index is 12.7. The van der Waals surface area contributed by atoms with Crippen molar-refractivity contribution >= 4 is 21.8 Å².